The van der Waals surface area contributed by atoms with Crippen LogP contribution in [-0.2, 0) is 6.54 Å². The predicted molar refractivity (Wildman–Crippen MR) is 96.8 cm³/mol. The Balaban J connectivity index is 1.78. The van der Waals surface area contributed by atoms with Crippen molar-refractivity contribution < 1.29 is 4.79 Å². The van der Waals surface area contributed by atoms with Crippen LogP contribution in [0.25, 0.3) is 0 Å². The van der Waals surface area contributed by atoms with Crippen LogP contribution >= 0.6 is 15.9 Å². The van der Waals surface area contributed by atoms with E-state index in [1.807, 2.05) is 55.5 Å². The Bertz CT molecular complexity index is 876. The first-order valence-corrected chi connectivity index (χ1v) is 8.14. The molecular formula is C17H16BrN5O. The smallest absolute Gasteiger partial charge is 0.280 e. The quantitative estimate of drug-likeness (QED) is 0.721. The Morgan fingerprint density at radius 1 is 1.25 bits per heavy atom. The van der Waals surface area contributed by atoms with Crippen LogP contribution in [0.15, 0.2) is 53.0 Å². The summed E-state index contributed by atoms with van der Waals surface area (Å²) in [5.74, 6) is -0.157. The van der Waals surface area contributed by atoms with Crippen LogP contribution in [0.2, 0.25) is 0 Å². The molecule has 3 N–H and O–H groups in total. The molecule has 0 radical (unpaired) electrons. The Labute approximate surface area is 147 Å². The Kier molecular flexibility index (Phi) is 4.61. The average Bonchev–Trinajstić information content (AvgIpc) is 2.92. The van der Waals surface area contributed by atoms with E-state index in [0.717, 1.165) is 15.6 Å². The minimum Gasteiger partial charge on any atom is -0.382 e. The number of nitrogens with zero attached hydrogens (tertiary/aromatic N) is 3. The van der Waals surface area contributed by atoms with E-state index in [1.165, 1.54) is 4.68 Å². The van der Waals surface area contributed by atoms with Gasteiger partial charge in [-0.15, -0.1) is 5.10 Å². The molecule has 0 saturated carbocycles. The topological polar surface area (TPSA) is 85.8 Å². The van der Waals surface area contributed by atoms with E-state index in [1.54, 1.807) is 0 Å². The summed E-state index contributed by atoms with van der Waals surface area (Å²) in [6.07, 6.45) is 0. The van der Waals surface area contributed by atoms with Crippen molar-refractivity contribution in [2.75, 3.05) is 11.1 Å². The van der Waals surface area contributed by atoms with E-state index in [0.29, 0.717) is 12.2 Å². The van der Waals surface area contributed by atoms with E-state index in [9.17, 15) is 4.79 Å². The molecular weight excluding hydrogens is 370 g/mol. The standard InChI is InChI=1S/C17H16BrN5O/c1-11-7-8-14(13(18)9-11)20-17(24)15-16(19)23(22-21-15)10-12-5-3-2-4-6-12/h2-9H,10,19H2,1H3,(H,20,24). The molecule has 0 atom stereocenters. The first-order valence-electron chi connectivity index (χ1n) is 7.35. The van der Waals surface area contributed by atoms with Gasteiger partial charge in [-0.05, 0) is 46.1 Å². The summed E-state index contributed by atoms with van der Waals surface area (Å²) in [4.78, 5) is 12.4. The molecule has 2 aromatic carbocycles. The third-order valence-electron chi connectivity index (χ3n) is 3.54. The number of nitrogens with one attached hydrogen (secondary N) is 1. The normalized spacial score (nSPS) is 10.6. The second-order valence-electron chi connectivity index (χ2n) is 5.40. The monoisotopic (exact) mass is 385 g/mol. The van der Waals surface area contributed by atoms with Crippen LogP contribution in [0.5, 0.6) is 0 Å². The summed E-state index contributed by atoms with van der Waals surface area (Å²) in [5.41, 5.74) is 8.92. The zero-order chi connectivity index (χ0) is 17.1. The summed E-state index contributed by atoms with van der Waals surface area (Å²) in [6.45, 7) is 2.44. The highest BCUT2D eigenvalue weighted by atomic mass is 79.9. The van der Waals surface area contributed by atoms with Crippen molar-refractivity contribution in [1.82, 2.24) is 15.0 Å². The number of amides is 1. The van der Waals surface area contributed by atoms with Gasteiger partial charge in [-0.25, -0.2) is 4.68 Å². The number of carbonyl (C=O) groups excluding carboxylic acids is 1. The number of nitrogens with two attached hydrogens (primary N) is 1. The highest BCUT2D eigenvalue weighted by Gasteiger charge is 2.18. The molecule has 0 aliphatic carbocycles. The van der Waals surface area contributed by atoms with Crippen LogP contribution in [0.4, 0.5) is 11.5 Å². The molecule has 7 heteroatoms. The third kappa shape index (κ3) is 3.46. The van der Waals surface area contributed by atoms with Gasteiger partial charge in [0, 0.05) is 4.47 Å². The van der Waals surface area contributed by atoms with E-state index in [2.05, 4.69) is 31.6 Å². The zero-order valence-electron chi connectivity index (χ0n) is 13.0. The van der Waals surface area contributed by atoms with Crippen LogP contribution in [0.3, 0.4) is 0 Å². The van der Waals surface area contributed by atoms with Gasteiger partial charge in [0.15, 0.2) is 11.5 Å². The molecule has 122 valence electrons. The maximum absolute atomic E-state index is 12.4. The summed E-state index contributed by atoms with van der Waals surface area (Å²) in [5, 5.41) is 10.7. The second kappa shape index (κ2) is 6.84. The molecule has 3 rings (SSSR count). The molecule has 1 heterocycles. The van der Waals surface area contributed by atoms with Gasteiger partial charge >= 0.3 is 0 Å². The van der Waals surface area contributed by atoms with Gasteiger partial charge in [0.1, 0.15) is 0 Å². The van der Waals surface area contributed by atoms with Crippen molar-refractivity contribution in [3.63, 3.8) is 0 Å². The largest absolute Gasteiger partial charge is 0.382 e. The lowest BCUT2D eigenvalue weighted by Gasteiger charge is -2.07. The first kappa shape index (κ1) is 16.2. The van der Waals surface area contributed by atoms with E-state index in [-0.39, 0.29) is 11.5 Å². The van der Waals surface area contributed by atoms with Crippen molar-refractivity contribution >= 4 is 33.3 Å². The molecule has 0 bridgehead atoms. The van der Waals surface area contributed by atoms with Crippen molar-refractivity contribution in [1.29, 1.82) is 0 Å². The van der Waals surface area contributed by atoms with E-state index in [4.69, 9.17) is 5.73 Å². The molecule has 24 heavy (non-hydrogen) atoms. The molecule has 0 aliphatic heterocycles. The zero-order valence-corrected chi connectivity index (χ0v) is 14.6. The van der Waals surface area contributed by atoms with Gasteiger partial charge in [-0.2, -0.15) is 0 Å². The van der Waals surface area contributed by atoms with E-state index >= 15 is 0 Å². The fourth-order valence-electron chi connectivity index (χ4n) is 2.26. The Morgan fingerprint density at radius 2 is 2.00 bits per heavy atom. The van der Waals surface area contributed by atoms with Crippen molar-refractivity contribution in [2.24, 2.45) is 0 Å². The Hall–Kier alpha value is -2.67. The average molecular weight is 386 g/mol. The second-order valence-corrected chi connectivity index (χ2v) is 6.26. The van der Waals surface area contributed by atoms with Crippen LogP contribution in [0.1, 0.15) is 21.6 Å². The number of benzene rings is 2. The van der Waals surface area contributed by atoms with Crippen molar-refractivity contribution in [2.45, 2.75) is 13.5 Å². The fourth-order valence-corrected chi connectivity index (χ4v) is 2.85. The van der Waals surface area contributed by atoms with Gasteiger partial charge in [0.25, 0.3) is 5.91 Å². The number of aromatic nitrogens is 3. The fraction of sp³-hybridized carbons (Fsp3) is 0.118. The summed E-state index contributed by atoms with van der Waals surface area (Å²) < 4.78 is 2.31. The van der Waals surface area contributed by atoms with Gasteiger partial charge < -0.3 is 11.1 Å². The highest BCUT2D eigenvalue weighted by Crippen LogP contribution is 2.24. The summed E-state index contributed by atoms with van der Waals surface area (Å²) >= 11 is 3.43. The van der Waals surface area contributed by atoms with Crippen LogP contribution in [0, 0.1) is 6.92 Å². The van der Waals surface area contributed by atoms with Crippen LogP contribution < -0.4 is 11.1 Å². The molecule has 0 fully saturated rings. The van der Waals surface area contributed by atoms with Crippen molar-refractivity contribution in [3.8, 4) is 0 Å². The number of anilines is 2. The third-order valence-corrected chi connectivity index (χ3v) is 4.19. The maximum Gasteiger partial charge on any atom is 0.280 e. The number of rotatable bonds is 4. The Morgan fingerprint density at radius 3 is 2.71 bits per heavy atom. The van der Waals surface area contributed by atoms with Crippen molar-refractivity contribution in [3.05, 3.63) is 69.8 Å². The maximum atomic E-state index is 12.4. The van der Waals surface area contributed by atoms with E-state index < -0.39 is 5.91 Å². The lowest BCUT2D eigenvalue weighted by Crippen LogP contribution is -2.15. The van der Waals surface area contributed by atoms with Gasteiger partial charge in [-0.3, -0.25) is 4.79 Å². The number of carbonyl (C=O) groups is 1. The molecule has 1 aromatic heterocycles. The first-order chi connectivity index (χ1) is 11.5. The number of hydrogen-bond donors (Lipinski definition) is 2. The number of nitrogen functional groups attached to an aromatic ring is 1. The van der Waals surface area contributed by atoms with Gasteiger partial charge in [0.2, 0.25) is 0 Å². The van der Waals surface area contributed by atoms with Gasteiger partial charge in [0.05, 0.1) is 12.2 Å². The minimum atomic E-state index is -0.392. The number of aryl methyl sites for hydroxylation is 1. The molecule has 6 nitrogen and oxygen atoms in total. The lowest BCUT2D eigenvalue weighted by atomic mass is 10.2. The molecule has 0 saturated heterocycles. The SMILES string of the molecule is Cc1ccc(NC(=O)c2nnn(Cc3ccccc3)c2N)c(Br)c1. The number of hydrogen-bond acceptors (Lipinski definition) is 4. The molecule has 3 aromatic rings. The lowest BCUT2D eigenvalue weighted by molar-refractivity contribution is 0.102. The molecule has 0 spiro atoms. The van der Waals surface area contributed by atoms with Gasteiger partial charge in [-0.1, -0.05) is 41.6 Å². The summed E-state index contributed by atoms with van der Waals surface area (Å²) in [7, 11) is 0. The summed E-state index contributed by atoms with van der Waals surface area (Å²) in [6, 6.07) is 15.4. The molecule has 0 unspecified atom stereocenters. The molecule has 1 amide bonds. The minimum absolute atomic E-state index is 0.110. The number of halogens is 1. The van der Waals surface area contributed by atoms with Crippen LogP contribution in [-0.4, -0.2) is 20.9 Å². The highest BCUT2D eigenvalue weighted by molar-refractivity contribution is 9.10. The molecule has 0 aliphatic rings. The predicted octanol–water partition coefficient (Wildman–Crippen LogP) is 3.23.